The molecule has 6 nitrogen and oxygen atoms in total. The Morgan fingerprint density at radius 1 is 0.970 bits per heavy atom. The molecule has 0 unspecified atom stereocenters. The zero-order chi connectivity index (χ0) is 23.4. The monoisotopic (exact) mass is 443 g/mol. The second-order valence-electron chi connectivity index (χ2n) is 8.17. The summed E-state index contributed by atoms with van der Waals surface area (Å²) >= 11 is 0. The van der Waals surface area contributed by atoms with Crippen molar-refractivity contribution < 1.29 is 14.3 Å². The normalized spacial score (nSPS) is 16.8. The topological polar surface area (TPSA) is 54.4 Å². The second-order valence-corrected chi connectivity index (χ2v) is 8.17. The molecule has 170 valence electrons. The molecule has 3 aromatic rings. The van der Waals surface area contributed by atoms with Gasteiger partial charge in [-0.25, -0.2) is 5.01 Å². The fraction of sp³-hybridized carbons (Fsp3) is 0.259. The van der Waals surface area contributed by atoms with Gasteiger partial charge < -0.3 is 9.47 Å². The summed E-state index contributed by atoms with van der Waals surface area (Å²) < 4.78 is 10.9. The van der Waals surface area contributed by atoms with Crippen LogP contribution in [0.3, 0.4) is 0 Å². The highest BCUT2D eigenvalue weighted by atomic mass is 16.5. The Labute approximate surface area is 195 Å². The van der Waals surface area contributed by atoms with Crippen LogP contribution in [0.15, 0.2) is 77.9 Å². The molecule has 33 heavy (non-hydrogen) atoms. The summed E-state index contributed by atoms with van der Waals surface area (Å²) in [5, 5.41) is 6.39. The number of aryl methyl sites for hydroxylation is 1. The molecule has 1 heterocycles. The third-order valence-electron chi connectivity index (χ3n) is 5.83. The maximum absolute atomic E-state index is 13.2. The number of carbonyl (C=O) groups is 1. The third-order valence-corrected chi connectivity index (χ3v) is 5.83. The van der Waals surface area contributed by atoms with Gasteiger partial charge in [0.05, 0.1) is 26.5 Å². The zero-order valence-corrected chi connectivity index (χ0v) is 19.5. The number of nitrogens with zero attached hydrogens (tertiary/aromatic N) is 3. The number of benzene rings is 3. The van der Waals surface area contributed by atoms with Gasteiger partial charge in [0.1, 0.15) is 6.17 Å². The molecule has 0 bridgehead atoms. The van der Waals surface area contributed by atoms with Crippen molar-refractivity contribution in [3.63, 3.8) is 0 Å². The van der Waals surface area contributed by atoms with Crippen LogP contribution in [0.2, 0.25) is 0 Å². The van der Waals surface area contributed by atoms with Crippen molar-refractivity contribution >= 4 is 11.6 Å². The van der Waals surface area contributed by atoms with E-state index >= 15 is 0 Å². The van der Waals surface area contributed by atoms with Crippen LogP contribution in [-0.2, 0) is 11.3 Å². The van der Waals surface area contributed by atoms with E-state index in [-0.39, 0.29) is 18.6 Å². The first-order valence-corrected chi connectivity index (χ1v) is 10.9. The van der Waals surface area contributed by atoms with E-state index in [1.54, 1.807) is 19.2 Å². The molecule has 0 saturated carbocycles. The number of rotatable bonds is 7. The Bertz CT molecular complexity index is 1140. The van der Waals surface area contributed by atoms with E-state index < -0.39 is 0 Å². The number of amides is 1. The molecule has 0 radical (unpaired) electrons. The highest BCUT2D eigenvalue weighted by Gasteiger charge is 2.39. The van der Waals surface area contributed by atoms with Gasteiger partial charge in [-0.15, -0.1) is 0 Å². The molecular formula is C27H29N3O3. The van der Waals surface area contributed by atoms with Gasteiger partial charge in [-0.1, -0.05) is 66.2 Å². The van der Waals surface area contributed by atoms with Gasteiger partial charge in [-0.2, -0.15) is 5.10 Å². The van der Waals surface area contributed by atoms with Crippen molar-refractivity contribution in [2.24, 2.45) is 5.10 Å². The molecule has 1 fully saturated rings. The standard InChI is InChI=1S/C27H29N3O3/c1-19-10-12-22(13-11-19)20(2)28-30-26(31)18-29(17-21-8-6-5-7-9-21)27(30)23-14-15-24(32-3)25(16-23)33-4/h5-16,27H,17-18H2,1-4H3/b28-20-/t27-/m0/s1. The first kappa shape index (κ1) is 22.6. The number of hydrogen-bond donors (Lipinski definition) is 0. The third kappa shape index (κ3) is 4.91. The number of carbonyl (C=O) groups excluding carboxylic acids is 1. The lowest BCUT2D eigenvalue weighted by Gasteiger charge is -2.28. The van der Waals surface area contributed by atoms with Crippen LogP contribution in [0.25, 0.3) is 0 Å². The average molecular weight is 444 g/mol. The van der Waals surface area contributed by atoms with Crippen molar-refractivity contribution in [2.45, 2.75) is 26.6 Å². The van der Waals surface area contributed by atoms with Crippen molar-refractivity contribution in [2.75, 3.05) is 20.8 Å². The fourth-order valence-corrected chi connectivity index (χ4v) is 4.07. The summed E-state index contributed by atoms with van der Waals surface area (Å²) in [5.74, 6) is 1.22. The van der Waals surface area contributed by atoms with Crippen LogP contribution in [0.5, 0.6) is 11.5 Å². The molecule has 0 spiro atoms. The molecule has 1 saturated heterocycles. The lowest BCUT2D eigenvalue weighted by molar-refractivity contribution is -0.128. The molecule has 3 aromatic carbocycles. The summed E-state index contributed by atoms with van der Waals surface area (Å²) in [7, 11) is 3.22. The minimum absolute atomic E-state index is 0.0443. The van der Waals surface area contributed by atoms with Gasteiger partial charge in [0.25, 0.3) is 5.91 Å². The van der Waals surface area contributed by atoms with E-state index in [2.05, 4.69) is 24.0 Å². The van der Waals surface area contributed by atoms with Crippen LogP contribution >= 0.6 is 0 Å². The molecule has 1 aliphatic heterocycles. The van der Waals surface area contributed by atoms with Crippen LogP contribution in [0, 0.1) is 6.92 Å². The largest absolute Gasteiger partial charge is 0.493 e. The van der Waals surface area contributed by atoms with Crippen LogP contribution in [0.1, 0.15) is 35.3 Å². The molecule has 0 aromatic heterocycles. The first-order chi connectivity index (χ1) is 16.0. The van der Waals surface area contributed by atoms with Crippen LogP contribution in [0.4, 0.5) is 0 Å². The molecular weight excluding hydrogens is 414 g/mol. The Hall–Kier alpha value is -3.64. The van der Waals surface area contributed by atoms with E-state index in [9.17, 15) is 4.79 Å². The highest BCUT2D eigenvalue weighted by molar-refractivity contribution is 5.99. The molecule has 0 N–H and O–H groups in total. The summed E-state index contributed by atoms with van der Waals surface area (Å²) in [6.07, 6.45) is -0.363. The van der Waals surface area contributed by atoms with E-state index in [1.807, 2.05) is 67.6 Å². The lowest BCUT2D eigenvalue weighted by Crippen LogP contribution is -2.29. The Kier molecular flexibility index (Phi) is 6.75. The molecule has 1 amide bonds. The number of methoxy groups -OCH3 is 2. The first-order valence-electron chi connectivity index (χ1n) is 10.9. The average Bonchev–Trinajstić information content (AvgIpc) is 3.13. The van der Waals surface area contributed by atoms with Gasteiger partial charge >= 0.3 is 0 Å². The van der Waals surface area contributed by atoms with Crippen LogP contribution < -0.4 is 9.47 Å². The second kappa shape index (κ2) is 9.88. The Morgan fingerprint density at radius 2 is 1.67 bits per heavy atom. The molecule has 1 aliphatic rings. The van der Waals surface area contributed by atoms with E-state index in [0.717, 1.165) is 22.4 Å². The molecule has 1 atom stereocenters. The maximum Gasteiger partial charge on any atom is 0.258 e. The summed E-state index contributed by atoms with van der Waals surface area (Å²) in [5.41, 5.74) is 5.00. The smallest absolute Gasteiger partial charge is 0.258 e. The number of hydrazone groups is 1. The predicted octanol–water partition coefficient (Wildman–Crippen LogP) is 4.78. The van der Waals surface area contributed by atoms with Gasteiger partial charge in [-0.05, 0) is 42.7 Å². The van der Waals surface area contributed by atoms with Crippen molar-refractivity contribution in [1.29, 1.82) is 0 Å². The number of ether oxygens (including phenoxy) is 2. The van der Waals surface area contributed by atoms with E-state index in [0.29, 0.717) is 18.0 Å². The number of hydrogen-bond acceptors (Lipinski definition) is 5. The van der Waals surface area contributed by atoms with Gasteiger partial charge in [0, 0.05) is 6.54 Å². The lowest BCUT2D eigenvalue weighted by atomic mass is 10.1. The molecule has 6 heteroatoms. The SMILES string of the molecule is COc1ccc([C@H]2N(Cc3ccccc3)CC(=O)N2/N=C(/C)c2ccc(C)cc2)cc1OC. The minimum atomic E-state index is -0.363. The Balaban J connectivity index is 1.74. The predicted molar refractivity (Wildman–Crippen MR) is 129 cm³/mol. The van der Waals surface area contributed by atoms with Gasteiger partial charge in [0.15, 0.2) is 11.5 Å². The van der Waals surface area contributed by atoms with Crippen LogP contribution in [-0.4, -0.2) is 42.3 Å². The Morgan fingerprint density at radius 3 is 2.33 bits per heavy atom. The van der Waals surface area contributed by atoms with Crippen molar-refractivity contribution in [3.8, 4) is 11.5 Å². The summed E-state index contributed by atoms with van der Waals surface area (Å²) in [6.45, 7) is 4.89. The minimum Gasteiger partial charge on any atom is -0.493 e. The fourth-order valence-electron chi connectivity index (χ4n) is 4.07. The highest BCUT2D eigenvalue weighted by Crippen LogP contribution is 2.37. The summed E-state index contributed by atoms with van der Waals surface area (Å²) in [6, 6.07) is 24.1. The van der Waals surface area contributed by atoms with Crippen molar-refractivity contribution in [3.05, 3.63) is 95.1 Å². The summed E-state index contributed by atoms with van der Waals surface area (Å²) in [4.78, 5) is 15.3. The van der Waals surface area contributed by atoms with E-state index in [4.69, 9.17) is 14.6 Å². The quantitative estimate of drug-likeness (QED) is 0.493. The maximum atomic E-state index is 13.2. The van der Waals surface area contributed by atoms with Gasteiger partial charge in [-0.3, -0.25) is 9.69 Å². The van der Waals surface area contributed by atoms with E-state index in [1.165, 1.54) is 5.56 Å². The van der Waals surface area contributed by atoms with Crippen molar-refractivity contribution in [1.82, 2.24) is 9.91 Å². The molecule has 0 aliphatic carbocycles. The molecule has 4 rings (SSSR count). The van der Waals surface area contributed by atoms with Gasteiger partial charge in [0.2, 0.25) is 0 Å². The zero-order valence-electron chi connectivity index (χ0n) is 19.5.